The molecule has 2 aliphatic rings. The van der Waals surface area contributed by atoms with Crippen LogP contribution in [0.3, 0.4) is 0 Å². The van der Waals surface area contributed by atoms with Crippen LogP contribution in [-0.2, 0) is 14.4 Å². The Hall–Kier alpha value is -1.59. The van der Waals surface area contributed by atoms with Gasteiger partial charge in [0.05, 0.1) is 0 Å². The number of amides is 2. The molecule has 2 rings (SSSR count). The summed E-state index contributed by atoms with van der Waals surface area (Å²) in [6.07, 6.45) is 4.54. The summed E-state index contributed by atoms with van der Waals surface area (Å²) in [6.45, 7) is 3.01. The summed E-state index contributed by atoms with van der Waals surface area (Å²) < 4.78 is 0. The molecule has 1 saturated carbocycles. The van der Waals surface area contributed by atoms with Gasteiger partial charge in [-0.3, -0.25) is 14.4 Å². The fourth-order valence-electron chi connectivity index (χ4n) is 3.04. The van der Waals surface area contributed by atoms with Crippen LogP contribution >= 0.6 is 0 Å². The van der Waals surface area contributed by atoms with Crippen LogP contribution in [0.2, 0.25) is 0 Å². The average molecular weight is 296 g/mol. The molecule has 0 aromatic rings. The Balaban J connectivity index is 1.86. The zero-order valence-electron chi connectivity index (χ0n) is 12.6. The molecule has 6 nitrogen and oxygen atoms in total. The quantitative estimate of drug-likeness (QED) is 0.800. The molecule has 2 fully saturated rings. The van der Waals surface area contributed by atoms with Crippen molar-refractivity contribution in [1.29, 1.82) is 0 Å². The number of likely N-dealkylation sites (tertiary alicyclic amines) is 1. The summed E-state index contributed by atoms with van der Waals surface area (Å²) in [7, 11) is 0. The maximum absolute atomic E-state index is 12.4. The number of hydrogen-bond donors (Lipinski definition) is 1. The highest BCUT2D eigenvalue weighted by atomic mass is 16.4. The van der Waals surface area contributed by atoms with Crippen molar-refractivity contribution >= 4 is 17.8 Å². The summed E-state index contributed by atoms with van der Waals surface area (Å²) in [4.78, 5) is 38.1. The number of rotatable bonds is 6. The first kappa shape index (κ1) is 15.8. The normalized spacial score (nSPS) is 19.4. The lowest BCUT2D eigenvalue weighted by molar-refractivity contribution is -0.138. The fourth-order valence-corrected chi connectivity index (χ4v) is 3.04. The number of carboxylic acids is 1. The molecule has 0 aromatic carbocycles. The van der Waals surface area contributed by atoms with E-state index in [-0.39, 0.29) is 24.3 Å². The summed E-state index contributed by atoms with van der Waals surface area (Å²) >= 11 is 0. The Bertz CT molecular complexity index is 412. The van der Waals surface area contributed by atoms with Gasteiger partial charge in [0.15, 0.2) is 0 Å². The minimum atomic E-state index is -0.851. The van der Waals surface area contributed by atoms with Crippen molar-refractivity contribution in [1.82, 2.24) is 9.80 Å². The van der Waals surface area contributed by atoms with Gasteiger partial charge < -0.3 is 14.9 Å². The minimum absolute atomic E-state index is 0.0486. The largest absolute Gasteiger partial charge is 0.481 e. The molecule has 118 valence electrons. The molecule has 0 spiro atoms. The van der Waals surface area contributed by atoms with Gasteiger partial charge in [0.1, 0.15) is 0 Å². The third-order valence-electron chi connectivity index (χ3n) is 4.31. The molecule has 1 N–H and O–H groups in total. The predicted molar refractivity (Wildman–Crippen MR) is 76.6 cm³/mol. The highest BCUT2D eigenvalue weighted by Crippen LogP contribution is 2.32. The van der Waals surface area contributed by atoms with E-state index < -0.39 is 5.97 Å². The molecule has 0 atom stereocenters. The molecular formula is C15H24N2O4. The van der Waals surface area contributed by atoms with E-state index in [1.807, 2.05) is 9.80 Å². The number of carbonyl (C=O) groups is 3. The summed E-state index contributed by atoms with van der Waals surface area (Å²) in [5, 5.41) is 8.65. The lowest BCUT2D eigenvalue weighted by Gasteiger charge is -2.38. The average Bonchev–Trinajstić information content (AvgIpc) is 3.24. The van der Waals surface area contributed by atoms with Crippen LogP contribution in [0.4, 0.5) is 0 Å². The molecule has 1 saturated heterocycles. The van der Waals surface area contributed by atoms with E-state index >= 15 is 0 Å². The van der Waals surface area contributed by atoms with E-state index in [4.69, 9.17) is 5.11 Å². The van der Waals surface area contributed by atoms with E-state index in [0.717, 1.165) is 25.7 Å². The second-order valence-corrected chi connectivity index (χ2v) is 6.02. The van der Waals surface area contributed by atoms with E-state index in [1.54, 1.807) is 6.92 Å². The molecule has 0 unspecified atom stereocenters. The summed E-state index contributed by atoms with van der Waals surface area (Å²) in [5.41, 5.74) is 0. The van der Waals surface area contributed by atoms with Crippen molar-refractivity contribution in [3.8, 4) is 0 Å². The van der Waals surface area contributed by atoms with Gasteiger partial charge in [-0.1, -0.05) is 0 Å². The lowest BCUT2D eigenvalue weighted by Crippen LogP contribution is -2.49. The highest BCUT2D eigenvalue weighted by Gasteiger charge is 2.38. The second kappa shape index (κ2) is 6.91. The topological polar surface area (TPSA) is 77.9 Å². The van der Waals surface area contributed by atoms with Gasteiger partial charge in [0.2, 0.25) is 11.8 Å². The van der Waals surface area contributed by atoms with Crippen LogP contribution in [0.1, 0.15) is 51.9 Å². The molecular weight excluding hydrogens is 272 g/mol. The van der Waals surface area contributed by atoms with E-state index in [9.17, 15) is 14.4 Å². The van der Waals surface area contributed by atoms with Crippen LogP contribution in [0, 0.1) is 0 Å². The van der Waals surface area contributed by atoms with Crippen LogP contribution in [-0.4, -0.2) is 57.9 Å². The molecule has 0 aromatic heterocycles. The number of hydrogen-bond acceptors (Lipinski definition) is 3. The van der Waals surface area contributed by atoms with Crippen molar-refractivity contribution in [3.05, 3.63) is 0 Å². The molecule has 0 bridgehead atoms. The molecule has 0 radical (unpaired) electrons. The monoisotopic (exact) mass is 296 g/mol. The van der Waals surface area contributed by atoms with Gasteiger partial charge in [0.25, 0.3) is 0 Å². The summed E-state index contributed by atoms with van der Waals surface area (Å²) in [6, 6.07) is 0.557. The molecule has 2 amide bonds. The third kappa shape index (κ3) is 4.44. The van der Waals surface area contributed by atoms with Crippen molar-refractivity contribution in [2.45, 2.75) is 64.0 Å². The van der Waals surface area contributed by atoms with Crippen molar-refractivity contribution in [3.63, 3.8) is 0 Å². The number of aliphatic carboxylic acids is 1. The second-order valence-electron chi connectivity index (χ2n) is 6.02. The van der Waals surface area contributed by atoms with Gasteiger partial charge >= 0.3 is 5.97 Å². The van der Waals surface area contributed by atoms with Gasteiger partial charge in [-0.05, 0) is 32.1 Å². The molecule has 1 heterocycles. The molecule has 21 heavy (non-hydrogen) atoms. The lowest BCUT2D eigenvalue weighted by atomic mass is 10.0. The van der Waals surface area contributed by atoms with Gasteiger partial charge in [-0.2, -0.15) is 0 Å². The smallest absolute Gasteiger partial charge is 0.303 e. The third-order valence-corrected chi connectivity index (χ3v) is 4.31. The van der Waals surface area contributed by atoms with Gasteiger partial charge in [0, 0.05) is 44.9 Å². The zero-order valence-corrected chi connectivity index (χ0v) is 12.6. The Morgan fingerprint density at radius 3 is 2.10 bits per heavy atom. The number of carboxylic acid groups (broad SMARTS) is 1. The number of carbonyl (C=O) groups excluding carboxylic acids is 2. The van der Waals surface area contributed by atoms with Crippen molar-refractivity contribution in [2.24, 2.45) is 0 Å². The Morgan fingerprint density at radius 1 is 1.05 bits per heavy atom. The van der Waals surface area contributed by atoms with Crippen LogP contribution in [0.5, 0.6) is 0 Å². The first-order valence-corrected chi connectivity index (χ1v) is 7.77. The predicted octanol–water partition coefficient (Wildman–Crippen LogP) is 1.24. The van der Waals surface area contributed by atoms with E-state index in [1.165, 1.54) is 0 Å². The van der Waals surface area contributed by atoms with E-state index in [2.05, 4.69) is 0 Å². The Kier molecular flexibility index (Phi) is 5.20. The molecule has 1 aliphatic heterocycles. The minimum Gasteiger partial charge on any atom is -0.481 e. The van der Waals surface area contributed by atoms with Crippen LogP contribution in [0.25, 0.3) is 0 Å². The van der Waals surface area contributed by atoms with Crippen LogP contribution < -0.4 is 0 Å². The first-order chi connectivity index (χ1) is 9.99. The van der Waals surface area contributed by atoms with Crippen LogP contribution in [0.15, 0.2) is 0 Å². The maximum atomic E-state index is 12.4. The Morgan fingerprint density at radius 2 is 1.62 bits per heavy atom. The van der Waals surface area contributed by atoms with E-state index in [0.29, 0.717) is 32.0 Å². The molecule has 6 heteroatoms. The highest BCUT2D eigenvalue weighted by molar-refractivity contribution is 5.78. The SMILES string of the molecule is CC(=O)N1CCC(N(C(=O)CCCC(=O)O)C2CC2)CC1. The van der Waals surface area contributed by atoms with Gasteiger partial charge in [-0.25, -0.2) is 0 Å². The zero-order chi connectivity index (χ0) is 15.4. The fraction of sp³-hybridized carbons (Fsp3) is 0.800. The number of nitrogens with zero attached hydrogens (tertiary/aromatic N) is 2. The van der Waals surface area contributed by atoms with Gasteiger partial charge in [-0.15, -0.1) is 0 Å². The number of piperidine rings is 1. The first-order valence-electron chi connectivity index (χ1n) is 7.77. The Labute approximate surface area is 125 Å². The summed E-state index contributed by atoms with van der Waals surface area (Å²) in [5.74, 6) is -0.672. The molecule has 1 aliphatic carbocycles. The van der Waals surface area contributed by atoms with Crippen molar-refractivity contribution in [2.75, 3.05) is 13.1 Å². The standard InChI is InChI=1S/C15H24N2O4/c1-11(18)16-9-7-13(8-10-16)17(12-5-6-12)14(19)3-2-4-15(20)21/h12-13H,2-10H2,1H3,(H,20,21). The van der Waals surface area contributed by atoms with Crippen molar-refractivity contribution < 1.29 is 19.5 Å². The maximum Gasteiger partial charge on any atom is 0.303 e.